The molecular formula is C21H21ClN4O5S2. The molecule has 1 aliphatic heterocycles. The fourth-order valence-electron chi connectivity index (χ4n) is 3.63. The Morgan fingerprint density at radius 1 is 1.15 bits per heavy atom. The Hall–Kier alpha value is -2.60. The van der Waals surface area contributed by atoms with Crippen molar-refractivity contribution in [2.75, 3.05) is 13.2 Å². The lowest BCUT2D eigenvalue weighted by Crippen LogP contribution is -2.49. The average molecular weight is 509 g/mol. The van der Waals surface area contributed by atoms with Crippen molar-refractivity contribution in [1.29, 1.82) is 0 Å². The van der Waals surface area contributed by atoms with Gasteiger partial charge in [0.25, 0.3) is 5.91 Å². The molecule has 1 aliphatic rings. The Labute approximate surface area is 200 Å². The quantitative estimate of drug-likeness (QED) is 0.487. The third-order valence-electron chi connectivity index (χ3n) is 5.31. The van der Waals surface area contributed by atoms with E-state index in [-0.39, 0.29) is 23.5 Å². The third kappa shape index (κ3) is 5.32. The van der Waals surface area contributed by atoms with Crippen LogP contribution in [-0.4, -0.2) is 52.5 Å². The minimum atomic E-state index is -4.02. The molecule has 2 heterocycles. The number of carbonyl (C=O) groups excluding carboxylic acids is 2. The van der Waals surface area contributed by atoms with Crippen LogP contribution >= 0.6 is 23.3 Å². The topological polar surface area (TPSA) is 119 Å². The van der Waals surface area contributed by atoms with Crippen LogP contribution in [-0.2, 0) is 30.9 Å². The lowest BCUT2D eigenvalue weighted by molar-refractivity contribution is -0.153. The number of nitrogens with one attached hydrogen (secondary N) is 1. The molecule has 0 radical (unpaired) electrons. The largest absolute Gasteiger partial charge is 0.454 e. The molecule has 1 N–H and O–H groups in total. The molecule has 0 spiro atoms. The minimum Gasteiger partial charge on any atom is -0.454 e. The first-order valence-electron chi connectivity index (χ1n) is 10.3. The van der Waals surface area contributed by atoms with Crippen molar-refractivity contribution < 1.29 is 22.7 Å². The van der Waals surface area contributed by atoms with Crippen LogP contribution in [0.15, 0.2) is 47.4 Å². The summed E-state index contributed by atoms with van der Waals surface area (Å²) < 4.78 is 41.3. The molecule has 2 aromatic carbocycles. The van der Waals surface area contributed by atoms with Crippen LogP contribution in [0.25, 0.3) is 11.0 Å². The Bertz CT molecular complexity index is 1260. The molecule has 1 amide bonds. The number of sulfonamides is 1. The standard InChI is InChI=1S/C21H21ClN4O5S2/c22-15-9-7-14(8-10-15)12-23-19(27)13-31-21(28)17-5-1-2-11-26(17)33(29,30)18-6-3-4-16-20(18)25-32-24-16/h3-4,6-10,17H,1-2,5,11-13H2,(H,23,27). The minimum absolute atomic E-state index is 0.00848. The van der Waals surface area contributed by atoms with Gasteiger partial charge in [0.1, 0.15) is 22.0 Å². The van der Waals surface area contributed by atoms with Crippen LogP contribution in [0, 0.1) is 0 Å². The van der Waals surface area contributed by atoms with E-state index in [1.165, 1.54) is 6.07 Å². The predicted octanol–water partition coefficient (Wildman–Crippen LogP) is 2.75. The molecule has 0 aliphatic carbocycles. The van der Waals surface area contributed by atoms with Crippen molar-refractivity contribution in [1.82, 2.24) is 18.4 Å². The van der Waals surface area contributed by atoms with E-state index in [4.69, 9.17) is 16.3 Å². The monoisotopic (exact) mass is 508 g/mol. The zero-order valence-electron chi connectivity index (χ0n) is 17.4. The number of aromatic nitrogens is 2. The second-order valence-electron chi connectivity index (χ2n) is 7.53. The Kier molecular flexibility index (Phi) is 7.23. The Balaban J connectivity index is 1.41. The van der Waals surface area contributed by atoms with E-state index in [1.807, 2.05) is 0 Å². The van der Waals surface area contributed by atoms with Gasteiger partial charge in [-0.1, -0.05) is 29.8 Å². The number of rotatable bonds is 7. The van der Waals surface area contributed by atoms with E-state index in [0.29, 0.717) is 29.8 Å². The highest BCUT2D eigenvalue weighted by molar-refractivity contribution is 7.89. The number of benzene rings is 2. The number of carbonyl (C=O) groups is 2. The van der Waals surface area contributed by atoms with Gasteiger partial charge in [-0.05, 0) is 49.1 Å². The van der Waals surface area contributed by atoms with Gasteiger partial charge in [0.15, 0.2) is 6.61 Å². The van der Waals surface area contributed by atoms with Gasteiger partial charge in [-0.3, -0.25) is 9.59 Å². The molecule has 12 heteroatoms. The van der Waals surface area contributed by atoms with E-state index in [9.17, 15) is 18.0 Å². The molecule has 1 unspecified atom stereocenters. The lowest BCUT2D eigenvalue weighted by atomic mass is 10.1. The van der Waals surface area contributed by atoms with Crippen LogP contribution in [0.3, 0.4) is 0 Å². The molecule has 1 aromatic heterocycles. The number of amides is 1. The SMILES string of the molecule is O=C(COC(=O)C1CCCCN1S(=O)(=O)c1cccc2nsnc12)NCc1ccc(Cl)cc1. The number of fused-ring (bicyclic) bond motifs is 1. The smallest absolute Gasteiger partial charge is 0.324 e. The summed E-state index contributed by atoms with van der Waals surface area (Å²) in [5.74, 6) is -1.23. The van der Waals surface area contributed by atoms with Crippen LogP contribution in [0.4, 0.5) is 0 Å². The molecule has 174 valence electrons. The second kappa shape index (κ2) is 10.1. The van der Waals surface area contributed by atoms with Gasteiger partial charge in [0, 0.05) is 18.1 Å². The maximum atomic E-state index is 13.4. The molecule has 33 heavy (non-hydrogen) atoms. The van der Waals surface area contributed by atoms with Gasteiger partial charge in [0.05, 0.1) is 11.7 Å². The highest BCUT2D eigenvalue weighted by Crippen LogP contribution is 2.29. The van der Waals surface area contributed by atoms with Gasteiger partial charge in [-0.15, -0.1) is 0 Å². The molecule has 1 atom stereocenters. The Morgan fingerprint density at radius 2 is 1.94 bits per heavy atom. The van der Waals surface area contributed by atoms with Gasteiger partial charge in [-0.25, -0.2) is 8.42 Å². The van der Waals surface area contributed by atoms with Crippen molar-refractivity contribution in [2.45, 2.75) is 36.7 Å². The first-order valence-corrected chi connectivity index (χ1v) is 12.8. The average Bonchev–Trinajstić information content (AvgIpc) is 3.31. The van der Waals surface area contributed by atoms with Gasteiger partial charge in [-0.2, -0.15) is 13.1 Å². The molecule has 9 nitrogen and oxygen atoms in total. The normalized spacial score (nSPS) is 17.1. The third-order valence-corrected chi connectivity index (χ3v) is 8.04. The number of halogens is 1. The summed E-state index contributed by atoms with van der Waals surface area (Å²) in [5, 5.41) is 3.25. The summed E-state index contributed by atoms with van der Waals surface area (Å²) in [7, 11) is -4.02. The summed E-state index contributed by atoms with van der Waals surface area (Å²) in [6.07, 6.45) is 1.61. The van der Waals surface area contributed by atoms with Gasteiger partial charge >= 0.3 is 5.97 Å². The number of nitrogens with zero attached hydrogens (tertiary/aromatic N) is 3. The van der Waals surface area contributed by atoms with Crippen molar-refractivity contribution in [2.24, 2.45) is 0 Å². The zero-order chi connectivity index (χ0) is 23.4. The number of hydrogen-bond donors (Lipinski definition) is 1. The van der Waals surface area contributed by atoms with E-state index < -0.39 is 34.5 Å². The molecule has 3 aromatic rings. The van der Waals surface area contributed by atoms with E-state index in [1.54, 1.807) is 36.4 Å². The maximum Gasteiger partial charge on any atom is 0.324 e. The number of ether oxygens (including phenoxy) is 1. The number of piperidine rings is 1. The van der Waals surface area contributed by atoms with Crippen LogP contribution in [0.1, 0.15) is 24.8 Å². The molecule has 1 saturated heterocycles. The summed E-state index contributed by atoms with van der Waals surface area (Å²) in [4.78, 5) is 24.9. The predicted molar refractivity (Wildman–Crippen MR) is 123 cm³/mol. The summed E-state index contributed by atoms with van der Waals surface area (Å²) in [6.45, 7) is -0.0651. The van der Waals surface area contributed by atoms with Crippen molar-refractivity contribution in [3.63, 3.8) is 0 Å². The number of esters is 1. The second-order valence-corrected chi connectivity index (χ2v) is 10.4. The van der Waals surface area contributed by atoms with Crippen LogP contribution < -0.4 is 5.32 Å². The lowest BCUT2D eigenvalue weighted by Gasteiger charge is -2.32. The zero-order valence-corrected chi connectivity index (χ0v) is 19.8. The van der Waals surface area contributed by atoms with E-state index in [0.717, 1.165) is 21.6 Å². The number of hydrogen-bond acceptors (Lipinski definition) is 8. The van der Waals surface area contributed by atoms with Crippen molar-refractivity contribution in [3.8, 4) is 0 Å². The first-order chi connectivity index (χ1) is 15.9. The van der Waals surface area contributed by atoms with Crippen molar-refractivity contribution in [3.05, 3.63) is 53.1 Å². The molecule has 0 bridgehead atoms. The highest BCUT2D eigenvalue weighted by atomic mass is 35.5. The van der Waals surface area contributed by atoms with Crippen LogP contribution in [0.2, 0.25) is 5.02 Å². The van der Waals surface area contributed by atoms with E-state index in [2.05, 4.69) is 14.1 Å². The Morgan fingerprint density at radius 3 is 2.73 bits per heavy atom. The van der Waals surface area contributed by atoms with Crippen LogP contribution in [0.5, 0.6) is 0 Å². The van der Waals surface area contributed by atoms with E-state index >= 15 is 0 Å². The summed E-state index contributed by atoms with van der Waals surface area (Å²) >= 11 is 6.77. The highest BCUT2D eigenvalue weighted by Gasteiger charge is 2.39. The first kappa shape index (κ1) is 23.6. The molecule has 0 saturated carbocycles. The summed E-state index contributed by atoms with van der Waals surface area (Å²) in [5.41, 5.74) is 1.60. The van der Waals surface area contributed by atoms with Gasteiger partial charge in [0.2, 0.25) is 10.0 Å². The maximum absolute atomic E-state index is 13.4. The van der Waals surface area contributed by atoms with Crippen molar-refractivity contribution >= 4 is 56.3 Å². The molecule has 1 fully saturated rings. The molecule has 4 rings (SSSR count). The van der Waals surface area contributed by atoms with Gasteiger partial charge < -0.3 is 10.1 Å². The summed E-state index contributed by atoms with van der Waals surface area (Å²) in [6, 6.07) is 10.7. The fraction of sp³-hybridized carbons (Fsp3) is 0.333. The fourth-order valence-corrected chi connectivity index (χ4v) is 6.16. The molecular weight excluding hydrogens is 488 g/mol.